The van der Waals surface area contributed by atoms with Gasteiger partial charge in [-0.25, -0.2) is 0 Å². The lowest BCUT2D eigenvalue weighted by Crippen LogP contribution is -2.54. The van der Waals surface area contributed by atoms with Crippen molar-refractivity contribution in [3.63, 3.8) is 0 Å². The third-order valence-corrected chi connectivity index (χ3v) is 4.45. The van der Waals surface area contributed by atoms with E-state index in [4.69, 9.17) is 0 Å². The molecule has 1 aliphatic heterocycles. The van der Waals surface area contributed by atoms with Crippen molar-refractivity contribution in [1.82, 2.24) is 20.1 Å². The molecule has 5 nitrogen and oxygen atoms in total. The van der Waals surface area contributed by atoms with Crippen LogP contribution in [0.1, 0.15) is 25.5 Å². The summed E-state index contributed by atoms with van der Waals surface area (Å²) in [5.41, 5.74) is 1.13. The highest BCUT2D eigenvalue weighted by Crippen LogP contribution is 2.21. The molecule has 1 aromatic rings. The number of carbonyl (C=O) groups is 1. The summed E-state index contributed by atoms with van der Waals surface area (Å²) in [6.07, 6.45) is -0.813. The van der Waals surface area contributed by atoms with E-state index in [0.29, 0.717) is 13.1 Å². The zero-order valence-electron chi connectivity index (χ0n) is 13.9. The number of piperazine rings is 1. The molecule has 0 spiro atoms. The zero-order chi connectivity index (χ0) is 17.7. The summed E-state index contributed by atoms with van der Waals surface area (Å²) in [7, 11) is 0. The molecule has 1 N–H and O–H groups in total. The first-order chi connectivity index (χ1) is 11.3. The summed E-state index contributed by atoms with van der Waals surface area (Å²) in [5, 5.41) is 1.95. The summed E-state index contributed by atoms with van der Waals surface area (Å²) >= 11 is 0. The molecule has 2 heterocycles. The number of carbonyl (C=O) groups excluding carboxylic acids is 1. The first-order valence-electron chi connectivity index (χ1n) is 8.00. The van der Waals surface area contributed by atoms with E-state index < -0.39 is 24.7 Å². The second-order valence-electron chi connectivity index (χ2n) is 6.04. The molecule has 1 fully saturated rings. The topological polar surface area (TPSA) is 48.5 Å². The monoisotopic (exact) mass is 344 g/mol. The molecule has 24 heavy (non-hydrogen) atoms. The molecule has 0 aromatic carbocycles. The van der Waals surface area contributed by atoms with Crippen LogP contribution in [0.25, 0.3) is 0 Å². The highest BCUT2D eigenvalue weighted by Gasteiger charge is 2.31. The van der Waals surface area contributed by atoms with E-state index in [1.165, 1.54) is 0 Å². The molecule has 0 radical (unpaired) electrons. The Morgan fingerprint density at radius 1 is 1.25 bits per heavy atom. The zero-order valence-corrected chi connectivity index (χ0v) is 13.9. The maximum absolute atomic E-state index is 12.2. The maximum Gasteiger partial charge on any atom is 0.405 e. The van der Waals surface area contributed by atoms with E-state index in [2.05, 4.69) is 16.8 Å². The van der Waals surface area contributed by atoms with Crippen molar-refractivity contribution in [2.45, 2.75) is 32.1 Å². The van der Waals surface area contributed by atoms with Crippen LogP contribution in [0.2, 0.25) is 0 Å². The minimum absolute atomic E-state index is 0.218. The largest absolute Gasteiger partial charge is 0.405 e. The quantitative estimate of drug-likeness (QED) is 0.885. The van der Waals surface area contributed by atoms with Crippen LogP contribution in [0.4, 0.5) is 13.2 Å². The number of alkyl halides is 3. The second kappa shape index (κ2) is 7.94. The Hall–Kier alpha value is -1.67. The molecule has 134 valence electrons. The Labute approximate surface area is 139 Å². The first-order valence-corrected chi connectivity index (χ1v) is 8.00. The van der Waals surface area contributed by atoms with Crippen molar-refractivity contribution in [3.8, 4) is 0 Å². The molecule has 8 heteroatoms. The number of halogens is 3. The fourth-order valence-corrected chi connectivity index (χ4v) is 2.85. The molecule has 0 unspecified atom stereocenters. The lowest BCUT2D eigenvalue weighted by atomic mass is 10.1. The van der Waals surface area contributed by atoms with E-state index >= 15 is 0 Å². The number of pyridine rings is 1. The number of hydrogen-bond donors (Lipinski definition) is 1. The third kappa shape index (κ3) is 5.17. The number of rotatable bonds is 5. The van der Waals surface area contributed by atoms with Gasteiger partial charge in [-0.2, -0.15) is 13.2 Å². The average molecular weight is 344 g/mol. The van der Waals surface area contributed by atoms with Gasteiger partial charge in [-0.05, 0) is 25.5 Å². The molecular weight excluding hydrogens is 321 g/mol. The molecule has 1 aliphatic rings. The summed E-state index contributed by atoms with van der Waals surface area (Å²) in [4.78, 5) is 20.2. The van der Waals surface area contributed by atoms with Gasteiger partial charge in [-0.15, -0.1) is 0 Å². The van der Waals surface area contributed by atoms with Gasteiger partial charge >= 0.3 is 6.18 Å². The first kappa shape index (κ1) is 18.7. The number of hydrogen-bond acceptors (Lipinski definition) is 4. The number of nitrogens with one attached hydrogen (secondary N) is 1. The van der Waals surface area contributed by atoms with Crippen molar-refractivity contribution >= 4 is 5.91 Å². The number of aromatic nitrogens is 1. The fraction of sp³-hybridized carbons (Fsp3) is 0.625. The van der Waals surface area contributed by atoms with Crippen LogP contribution in [-0.2, 0) is 4.79 Å². The summed E-state index contributed by atoms with van der Waals surface area (Å²) in [6.45, 7) is 5.27. The fourth-order valence-electron chi connectivity index (χ4n) is 2.85. The third-order valence-electron chi connectivity index (χ3n) is 4.45. The Balaban J connectivity index is 1.82. The molecule has 1 saturated heterocycles. The minimum Gasteiger partial charge on any atom is -0.346 e. The van der Waals surface area contributed by atoms with E-state index in [9.17, 15) is 18.0 Å². The van der Waals surface area contributed by atoms with E-state index in [1.54, 1.807) is 13.1 Å². The molecule has 0 aliphatic carbocycles. The smallest absolute Gasteiger partial charge is 0.346 e. The van der Waals surface area contributed by atoms with Gasteiger partial charge in [0.15, 0.2) is 0 Å². The van der Waals surface area contributed by atoms with Gasteiger partial charge in [0, 0.05) is 44.6 Å². The van der Waals surface area contributed by atoms with Gasteiger partial charge in [-0.3, -0.25) is 19.6 Å². The molecular formula is C16H23F3N4O. The maximum atomic E-state index is 12.2. The summed E-state index contributed by atoms with van der Waals surface area (Å²) in [5.74, 6) is -0.582. The van der Waals surface area contributed by atoms with Crippen molar-refractivity contribution in [2.75, 3.05) is 32.7 Å². The predicted molar refractivity (Wildman–Crippen MR) is 84.3 cm³/mol. The second-order valence-corrected chi connectivity index (χ2v) is 6.04. The van der Waals surface area contributed by atoms with E-state index in [0.717, 1.165) is 18.7 Å². The molecule has 1 amide bonds. The van der Waals surface area contributed by atoms with Crippen LogP contribution in [0.5, 0.6) is 0 Å². The van der Waals surface area contributed by atoms with Gasteiger partial charge < -0.3 is 5.32 Å². The lowest BCUT2D eigenvalue weighted by Gasteiger charge is -2.40. The Morgan fingerprint density at radius 3 is 2.42 bits per heavy atom. The Morgan fingerprint density at radius 2 is 1.88 bits per heavy atom. The van der Waals surface area contributed by atoms with Gasteiger partial charge in [0.25, 0.3) is 0 Å². The lowest BCUT2D eigenvalue weighted by molar-refractivity contribution is -0.141. The minimum atomic E-state index is -4.38. The highest BCUT2D eigenvalue weighted by atomic mass is 19.4. The van der Waals surface area contributed by atoms with Gasteiger partial charge in [0.1, 0.15) is 6.54 Å². The van der Waals surface area contributed by atoms with E-state index in [1.807, 2.05) is 28.5 Å². The van der Waals surface area contributed by atoms with Gasteiger partial charge in [-0.1, -0.05) is 6.07 Å². The standard InChI is InChI=1S/C16H23F3N4O/c1-12(14-4-3-5-20-10-14)22-6-8-23(9-7-22)13(2)15(24)21-11-16(17,18)19/h3-5,10,12-13H,6-9,11H2,1-2H3,(H,21,24)/t12-,13-/m1/s1. The van der Waals surface area contributed by atoms with Crippen molar-refractivity contribution < 1.29 is 18.0 Å². The summed E-state index contributed by atoms with van der Waals surface area (Å²) < 4.78 is 36.5. The van der Waals surface area contributed by atoms with Crippen LogP contribution in [0, 0.1) is 0 Å². The highest BCUT2D eigenvalue weighted by molar-refractivity contribution is 5.81. The Kier molecular flexibility index (Phi) is 6.17. The summed E-state index contributed by atoms with van der Waals surface area (Å²) in [6, 6.07) is 3.57. The van der Waals surface area contributed by atoms with Crippen molar-refractivity contribution in [2.24, 2.45) is 0 Å². The average Bonchev–Trinajstić information content (AvgIpc) is 2.58. The molecule has 0 bridgehead atoms. The molecule has 0 saturated carbocycles. The number of nitrogens with zero attached hydrogens (tertiary/aromatic N) is 3. The predicted octanol–water partition coefficient (Wildman–Crippen LogP) is 1.83. The molecule has 2 atom stereocenters. The van der Waals surface area contributed by atoms with Gasteiger partial charge in [0.05, 0.1) is 6.04 Å². The van der Waals surface area contributed by atoms with E-state index in [-0.39, 0.29) is 6.04 Å². The van der Waals surface area contributed by atoms with Crippen LogP contribution < -0.4 is 5.32 Å². The van der Waals surface area contributed by atoms with Crippen molar-refractivity contribution in [1.29, 1.82) is 0 Å². The van der Waals surface area contributed by atoms with Crippen LogP contribution >= 0.6 is 0 Å². The Bertz CT molecular complexity index is 530. The van der Waals surface area contributed by atoms with Crippen LogP contribution in [-0.4, -0.2) is 65.6 Å². The van der Waals surface area contributed by atoms with Crippen LogP contribution in [0.3, 0.4) is 0 Å². The molecule has 1 aromatic heterocycles. The normalized spacial score (nSPS) is 19.7. The SMILES string of the molecule is C[C@H](C(=O)NCC(F)(F)F)N1CCN([C@H](C)c2cccnc2)CC1. The van der Waals surface area contributed by atoms with Crippen molar-refractivity contribution in [3.05, 3.63) is 30.1 Å². The van der Waals surface area contributed by atoms with Gasteiger partial charge in [0.2, 0.25) is 5.91 Å². The number of amides is 1. The van der Waals surface area contributed by atoms with Crippen LogP contribution in [0.15, 0.2) is 24.5 Å². The molecule has 2 rings (SSSR count).